The third kappa shape index (κ3) is 44.9. The molecule has 2 amide bonds. The van der Waals surface area contributed by atoms with Gasteiger partial charge in [0.25, 0.3) is 0 Å². The largest absolute Gasteiger partial charge is 0.370 e. The van der Waals surface area contributed by atoms with Crippen LogP contribution < -0.4 is 11.5 Å². The monoisotopic (exact) mass is 689 g/mol. The molecule has 0 rings (SSSR count). The molecule has 0 aromatic carbocycles. The van der Waals surface area contributed by atoms with Gasteiger partial charge in [0.1, 0.15) is 0 Å². The molecule has 0 atom stereocenters. The summed E-state index contributed by atoms with van der Waals surface area (Å²) in [5, 5.41) is 0. The van der Waals surface area contributed by atoms with Crippen LogP contribution in [0.2, 0.25) is 0 Å². The van der Waals surface area contributed by atoms with Crippen LogP contribution in [0.15, 0.2) is 97.2 Å². The Hall–Kier alpha value is -3.14. The van der Waals surface area contributed by atoms with E-state index in [4.69, 9.17) is 11.5 Å². The zero-order valence-corrected chi connectivity index (χ0v) is 32.0. The minimum atomic E-state index is -0.213. The van der Waals surface area contributed by atoms with E-state index in [-0.39, 0.29) is 11.8 Å². The molecular weight excluding hydrogens is 613 g/mol. The number of hydrogen-bond donors (Lipinski definition) is 2. The summed E-state index contributed by atoms with van der Waals surface area (Å²) >= 11 is 0. The van der Waals surface area contributed by atoms with Gasteiger partial charge in [-0.05, 0) is 89.9 Å². The summed E-state index contributed by atoms with van der Waals surface area (Å²) in [6.07, 6.45) is 68.1. The van der Waals surface area contributed by atoms with Crippen LogP contribution in [0.4, 0.5) is 0 Å². The van der Waals surface area contributed by atoms with E-state index < -0.39 is 0 Å². The van der Waals surface area contributed by atoms with Gasteiger partial charge in [0.15, 0.2) is 0 Å². The van der Waals surface area contributed by atoms with Gasteiger partial charge < -0.3 is 11.5 Å². The molecule has 0 aliphatic carbocycles. The van der Waals surface area contributed by atoms with Crippen LogP contribution >= 0.6 is 0 Å². The number of carbonyl (C=O) groups excluding carboxylic acids is 2. The summed E-state index contributed by atoms with van der Waals surface area (Å²) in [6.45, 7) is 0. The average Bonchev–Trinajstić information content (AvgIpc) is 3.10. The lowest BCUT2D eigenvalue weighted by atomic mass is 10.0. The number of amides is 2. The Bertz CT molecular complexity index is 916. The molecule has 0 spiro atoms. The van der Waals surface area contributed by atoms with Gasteiger partial charge in [0, 0.05) is 12.8 Å². The molecule has 0 aromatic rings. The predicted molar refractivity (Wildman–Crippen MR) is 221 cm³/mol. The summed E-state index contributed by atoms with van der Waals surface area (Å²) < 4.78 is 0. The normalized spacial score (nSPS) is 12.7. The molecule has 282 valence electrons. The van der Waals surface area contributed by atoms with Gasteiger partial charge >= 0.3 is 0 Å². The van der Waals surface area contributed by atoms with Crippen molar-refractivity contribution in [1.29, 1.82) is 0 Å². The van der Waals surface area contributed by atoms with E-state index in [2.05, 4.69) is 97.2 Å². The van der Waals surface area contributed by atoms with Gasteiger partial charge in [-0.1, -0.05) is 174 Å². The molecule has 0 aliphatic heterocycles. The molecule has 50 heavy (non-hydrogen) atoms. The summed E-state index contributed by atoms with van der Waals surface area (Å²) in [5.41, 5.74) is 10.3. The fraction of sp³-hybridized carbons (Fsp3) is 0.609. The van der Waals surface area contributed by atoms with Crippen molar-refractivity contribution in [3.05, 3.63) is 97.2 Å². The summed E-state index contributed by atoms with van der Waals surface area (Å²) in [7, 11) is 0. The molecule has 0 radical (unpaired) electrons. The minimum Gasteiger partial charge on any atom is -0.370 e. The number of hydrogen-bond acceptors (Lipinski definition) is 2. The highest BCUT2D eigenvalue weighted by Gasteiger charge is 1.95. The molecule has 0 heterocycles. The van der Waals surface area contributed by atoms with Gasteiger partial charge in [-0.3, -0.25) is 9.59 Å². The van der Waals surface area contributed by atoms with Crippen molar-refractivity contribution in [2.24, 2.45) is 11.5 Å². The second-order valence-corrected chi connectivity index (χ2v) is 13.4. The van der Waals surface area contributed by atoms with E-state index in [1.807, 2.05) is 0 Å². The fourth-order valence-corrected chi connectivity index (χ4v) is 5.53. The first-order valence-corrected chi connectivity index (χ1v) is 20.4. The number of unbranched alkanes of at least 4 members (excludes halogenated alkanes) is 17. The molecule has 4 heteroatoms. The number of allylic oxidation sites excluding steroid dienone is 16. The Balaban J connectivity index is 3.32. The highest BCUT2D eigenvalue weighted by atomic mass is 16.1. The van der Waals surface area contributed by atoms with Crippen LogP contribution in [-0.2, 0) is 9.59 Å². The smallest absolute Gasteiger partial charge is 0.217 e. The number of primary amides is 2. The zero-order valence-electron chi connectivity index (χ0n) is 32.0. The van der Waals surface area contributed by atoms with E-state index >= 15 is 0 Å². The third-order valence-corrected chi connectivity index (χ3v) is 8.55. The number of carbonyl (C=O) groups is 2. The second-order valence-electron chi connectivity index (χ2n) is 13.4. The third-order valence-electron chi connectivity index (χ3n) is 8.55. The van der Waals surface area contributed by atoms with Gasteiger partial charge in [-0.15, -0.1) is 0 Å². The Morgan fingerprint density at radius 2 is 0.440 bits per heavy atom. The molecule has 4 nitrogen and oxygen atoms in total. The fourth-order valence-electron chi connectivity index (χ4n) is 5.53. The van der Waals surface area contributed by atoms with E-state index in [0.29, 0.717) is 12.8 Å². The molecule has 0 aliphatic rings. The van der Waals surface area contributed by atoms with Crippen molar-refractivity contribution in [2.75, 3.05) is 0 Å². The quantitative estimate of drug-likeness (QED) is 0.0503. The highest BCUT2D eigenvalue weighted by Crippen LogP contribution is 2.14. The van der Waals surface area contributed by atoms with Crippen molar-refractivity contribution >= 4 is 11.8 Å². The van der Waals surface area contributed by atoms with Gasteiger partial charge in [-0.2, -0.15) is 0 Å². The van der Waals surface area contributed by atoms with Crippen LogP contribution in [-0.4, -0.2) is 11.8 Å². The van der Waals surface area contributed by atoms with Gasteiger partial charge in [0.2, 0.25) is 11.8 Å². The molecule has 0 bridgehead atoms. The van der Waals surface area contributed by atoms with Crippen LogP contribution in [0.5, 0.6) is 0 Å². The van der Waals surface area contributed by atoms with E-state index in [1.165, 1.54) is 103 Å². The van der Waals surface area contributed by atoms with Gasteiger partial charge in [-0.25, -0.2) is 0 Å². The van der Waals surface area contributed by atoms with Crippen LogP contribution in [0.1, 0.15) is 180 Å². The maximum atomic E-state index is 10.7. The molecule has 0 aromatic heterocycles. The Labute approximate surface area is 309 Å². The molecule has 0 unspecified atom stereocenters. The summed E-state index contributed by atoms with van der Waals surface area (Å²) in [6, 6.07) is 0. The Morgan fingerprint density at radius 1 is 0.260 bits per heavy atom. The van der Waals surface area contributed by atoms with E-state index in [9.17, 15) is 9.59 Å². The van der Waals surface area contributed by atoms with Crippen molar-refractivity contribution in [3.63, 3.8) is 0 Å². The first kappa shape index (κ1) is 46.9. The van der Waals surface area contributed by atoms with E-state index in [1.54, 1.807) is 0 Å². The summed E-state index contributed by atoms with van der Waals surface area (Å²) in [5.74, 6) is -0.426. The minimum absolute atomic E-state index is 0.213. The van der Waals surface area contributed by atoms with Crippen LogP contribution in [0.3, 0.4) is 0 Å². The van der Waals surface area contributed by atoms with Crippen molar-refractivity contribution in [2.45, 2.75) is 180 Å². The van der Waals surface area contributed by atoms with Gasteiger partial charge in [0.05, 0.1) is 0 Å². The predicted octanol–water partition coefficient (Wildman–Crippen LogP) is 13.3. The molecule has 0 saturated carbocycles. The average molecular weight is 689 g/mol. The van der Waals surface area contributed by atoms with Crippen molar-refractivity contribution in [1.82, 2.24) is 0 Å². The lowest BCUT2D eigenvalue weighted by molar-refractivity contribution is -0.118. The Morgan fingerprint density at radius 3 is 0.660 bits per heavy atom. The zero-order chi connectivity index (χ0) is 36.3. The second kappa shape index (κ2) is 42.0. The van der Waals surface area contributed by atoms with Crippen LogP contribution in [0.25, 0.3) is 0 Å². The standard InChI is InChI=1S/C46H76N2O2/c47-45(49)43-41-39-37-35-33-31-29-27-25-23-21-19-17-15-13-11-9-7-5-3-1-2-4-6-8-10-12-14-16-18-20-22-24-26-28-30-32-34-36-38-40-42-44-46(48)50/h17-20,23-26,29-32,35-38H,1-16,21-22,27-28,33-34,39-44H2,(H2,47,49)(H2,48,50). The first-order valence-electron chi connectivity index (χ1n) is 20.4. The van der Waals surface area contributed by atoms with Crippen molar-refractivity contribution < 1.29 is 9.59 Å². The SMILES string of the molecule is NC(=O)CCCC=CCC=CCC=CCC=CCCCCCCCCCCCCCCCCC=CCC=CCC=CCC=CCCCC(N)=O. The molecular formula is C46H76N2O2. The molecule has 0 saturated heterocycles. The lowest BCUT2D eigenvalue weighted by Crippen LogP contribution is -2.09. The van der Waals surface area contributed by atoms with Crippen molar-refractivity contribution in [3.8, 4) is 0 Å². The maximum Gasteiger partial charge on any atom is 0.217 e. The van der Waals surface area contributed by atoms with Crippen LogP contribution in [0, 0.1) is 0 Å². The highest BCUT2D eigenvalue weighted by molar-refractivity contribution is 5.73. The van der Waals surface area contributed by atoms with E-state index in [0.717, 1.165) is 64.2 Å². The maximum absolute atomic E-state index is 10.7. The number of rotatable bonds is 37. The first-order chi connectivity index (χ1) is 24.6. The summed E-state index contributed by atoms with van der Waals surface area (Å²) in [4.78, 5) is 21.4. The lowest BCUT2D eigenvalue weighted by Gasteiger charge is -2.03. The molecule has 0 fully saturated rings. The molecule has 4 N–H and O–H groups in total. The topological polar surface area (TPSA) is 86.2 Å². The number of nitrogens with two attached hydrogens (primary N) is 2. The Kier molecular flexibility index (Phi) is 39.4.